The van der Waals surface area contributed by atoms with E-state index in [9.17, 15) is 4.79 Å². The Hall–Kier alpha value is -3.05. The SMILES string of the molecule is COc1ccc(C2=CC(=O)N3C=C(N4CCN(C)[C@H](C)C4)C=C(C)/C3=C\C=C2)cc1C(C)C. The highest BCUT2D eigenvalue weighted by Crippen LogP contribution is 2.33. The summed E-state index contributed by atoms with van der Waals surface area (Å²) in [7, 11) is 3.87. The number of ether oxygens (including phenoxy) is 1. The van der Waals surface area contributed by atoms with Gasteiger partial charge in [0.1, 0.15) is 5.75 Å². The first-order valence-electron chi connectivity index (χ1n) is 11.8. The van der Waals surface area contributed by atoms with Crippen LogP contribution in [0, 0.1) is 0 Å². The minimum atomic E-state index is -0.0327. The van der Waals surface area contributed by atoms with Gasteiger partial charge in [0, 0.05) is 38.0 Å². The number of methoxy groups -OCH3 is 1. The molecule has 1 atom stereocenters. The Morgan fingerprint density at radius 3 is 2.64 bits per heavy atom. The fourth-order valence-corrected chi connectivity index (χ4v) is 4.61. The van der Waals surface area contributed by atoms with Crippen molar-refractivity contribution in [1.82, 2.24) is 14.7 Å². The van der Waals surface area contributed by atoms with Crippen molar-refractivity contribution < 1.29 is 9.53 Å². The van der Waals surface area contributed by atoms with E-state index < -0.39 is 0 Å². The Morgan fingerprint density at radius 2 is 1.94 bits per heavy atom. The minimum absolute atomic E-state index is 0.0327. The number of hydrogen-bond donors (Lipinski definition) is 0. The van der Waals surface area contributed by atoms with Gasteiger partial charge in [0.25, 0.3) is 5.91 Å². The molecule has 0 radical (unpaired) electrons. The molecule has 3 aliphatic heterocycles. The summed E-state index contributed by atoms with van der Waals surface area (Å²) in [6, 6.07) is 6.62. The summed E-state index contributed by atoms with van der Waals surface area (Å²) < 4.78 is 5.54. The van der Waals surface area contributed by atoms with E-state index in [1.54, 1.807) is 18.1 Å². The third kappa shape index (κ3) is 4.69. The second-order valence-corrected chi connectivity index (χ2v) is 9.49. The van der Waals surface area contributed by atoms with Crippen molar-refractivity contribution >= 4 is 11.5 Å². The first-order valence-corrected chi connectivity index (χ1v) is 11.8. The van der Waals surface area contributed by atoms with Crippen molar-refractivity contribution in [3.63, 3.8) is 0 Å². The number of rotatable bonds is 4. The number of likely N-dealkylation sites (N-methyl/N-ethyl adjacent to an activating group) is 1. The number of fused-ring (bicyclic) bond motifs is 1. The maximum atomic E-state index is 13.5. The fraction of sp³-hybridized carbons (Fsp3) is 0.393. The van der Waals surface area contributed by atoms with Crippen LogP contribution in [0.4, 0.5) is 0 Å². The van der Waals surface area contributed by atoms with Gasteiger partial charge in [-0.15, -0.1) is 0 Å². The Morgan fingerprint density at radius 1 is 1.15 bits per heavy atom. The van der Waals surface area contributed by atoms with E-state index in [2.05, 4.69) is 56.7 Å². The summed E-state index contributed by atoms with van der Waals surface area (Å²) in [4.78, 5) is 20.0. The average molecular weight is 446 g/mol. The molecule has 1 aromatic carbocycles. The van der Waals surface area contributed by atoms with Crippen LogP contribution in [-0.4, -0.2) is 60.4 Å². The van der Waals surface area contributed by atoms with Gasteiger partial charge in [-0.3, -0.25) is 9.69 Å². The number of piperazine rings is 1. The quantitative estimate of drug-likeness (QED) is 0.659. The van der Waals surface area contributed by atoms with Crippen LogP contribution >= 0.6 is 0 Å². The number of carbonyl (C=O) groups excluding carboxylic acids is 1. The molecule has 0 spiro atoms. The van der Waals surface area contributed by atoms with E-state index in [1.165, 1.54) is 0 Å². The molecule has 174 valence electrons. The maximum absolute atomic E-state index is 13.5. The third-order valence-electron chi connectivity index (χ3n) is 6.85. The molecule has 3 heterocycles. The molecule has 0 aliphatic carbocycles. The monoisotopic (exact) mass is 445 g/mol. The van der Waals surface area contributed by atoms with Gasteiger partial charge in [-0.25, -0.2) is 0 Å². The summed E-state index contributed by atoms with van der Waals surface area (Å²) >= 11 is 0. The molecular formula is C28H35N3O2. The van der Waals surface area contributed by atoms with Gasteiger partial charge in [0.2, 0.25) is 0 Å². The maximum Gasteiger partial charge on any atom is 0.255 e. The molecule has 1 amide bonds. The molecule has 0 bridgehead atoms. The molecule has 33 heavy (non-hydrogen) atoms. The summed E-state index contributed by atoms with van der Waals surface area (Å²) in [6.07, 6.45) is 12.0. The Balaban J connectivity index is 1.68. The Kier molecular flexibility index (Phi) is 6.61. The van der Waals surface area contributed by atoms with Crippen LogP contribution in [0.2, 0.25) is 0 Å². The molecule has 5 nitrogen and oxygen atoms in total. The molecule has 3 aliphatic rings. The Bertz CT molecular complexity index is 1090. The van der Waals surface area contributed by atoms with Gasteiger partial charge in [-0.2, -0.15) is 0 Å². The number of hydrogen-bond acceptors (Lipinski definition) is 4. The second-order valence-electron chi connectivity index (χ2n) is 9.49. The lowest BCUT2D eigenvalue weighted by atomic mass is 9.95. The summed E-state index contributed by atoms with van der Waals surface area (Å²) in [5.41, 5.74) is 6.18. The van der Waals surface area contributed by atoms with Crippen LogP contribution in [0.3, 0.4) is 0 Å². The molecule has 5 heteroatoms. The van der Waals surface area contributed by atoms with Crippen LogP contribution in [-0.2, 0) is 4.79 Å². The topological polar surface area (TPSA) is 36.0 Å². The number of nitrogens with zero attached hydrogens (tertiary/aromatic N) is 3. The molecule has 0 saturated carbocycles. The van der Waals surface area contributed by atoms with E-state index >= 15 is 0 Å². The first-order chi connectivity index (χ1) is 15.8. The van der Waals surface area contributed by atoms with E-state index in [1.807, 2.05) is 36.6 Å². The second kappa shape index (κ2) is 9.44. The van der Waals surface area contributed by atoms with Crippen LogP contribution in [0.5, 0.6) is 5.75 Å². The normalized spacial score (nSPS) is 23.2. The molecule has 1 fully saturated rings. The summed E-state index contributed by atoms with van der Waals surface area (Å²) in [6.45, 7) is 11.6. The lowest BCUT2D eigenvalue weighted by Crippen LogP contribution is -2.49. The van der Waals surface area contributed by atoms with E-state index in [0.717, 1.165) is 59.1 Å². The zero-order valence-electron chi connectivity index (χ0n) is 20.6. The molecule has 1 saturated heterocycles. The predicted octanol–water partition coefficient (Wildman–Crippen LogP) is 4.92. The van der Waals surface area contributed by atoms with Gasteiger partial charge < -0.3 is 14.5 Å². The number of carbonyl (C=O) groups is 1. The molecule has 0 N–H and O–H groups in total. The van der Waals surface area contributed by atoms with Gasteiger partial charge in [0.15, 0.2) is 0 Å². The molecule has 4 rings (SSSR count). The van der Waals surface area contributed by atoms with Crippen molar-refractivity contribution in [3.8, 4) is 5.75 Å². The van der Waals surface area contributed by atoms with Crippen molar-refractivity contribution in [1.29, 1.82) is 0 Å². The highest BCUT2D eigenvalue weighted by atomic mass is 16.5. The zero-order valence-corrected chi connectivity index (χ0v) is 20.6. The zero-order chi connectivity index (χ0) is 23.7. The molecule has 1 aromatic rings. The highest BCUT2D eigenvalue weighted by Gasteiger charge is 2.27. The van der Waals surface area contributed by atoms with Crippen LogP contribution < -0.4 is 4.74 Å². The number of amides is 1. The summed E-state index contributed by atoms with van der Waals surface area (Å²) in [5.74, 6) is 1.17. The average Bonchev–Trinajstić information content (AvgIpc) is 2.79. The molecular weight excluding hydrogens is 410 g/mol. The molecule has 0 unspecified atom stereocenters. The smallest absolute Gasteiger partial charge is 0.255 e. The summed E-state index contributed by atoms with van der Waals surface area (Å²) in [5, 5.41) is 0. The van der Waals surface area contributed by atoms with Crippen LogP contribution in [0.25, 0.3) is 5.57 Å². The van der Waals surface area contributed by atoms with Crippen LogP contribution in [0.1, 0.15) is 44.7 Å². The predicted molar refractivity (Wildman–Crippen MR) is 135 cm³/mol. The highest BCUT2D eigenvalue weighted by molar-refractivity contribution is 6.00. The van der Waals surface area contributed by atoms with Crippen molar-refractivity contribution in [2.24, 2.45) is 0 Å². The van der Waals surface area contributed by atoms with E-state index in [-0.39, 0.29) is 5.91 Å². The lowest BCUT2D eigenvalue weighted by molar-refractivity contribution is -0.122. The largest absolute Gasteiger partial charge is 0.496 e. The van der Waals surface area contributed by atoms with Crippen molar-refractivity contribution in [3.05, 3.63) is 82.9 Å². The lowest BCUT2D eigenvalue weighted by Gasteiger charge is -2.41. The number of benzene rings is 1. The van der Waals surface area contributed by atoms with Gasteiger partial charge in [-0.05, 0) is 73.4 Å². The van der Waals surface area contributed by atoms with Crippen molar-refractivity contribution in [2.45, 2.75) is 39.7 Å². The molecule has 0 aromatic heterocycles. The van der Waals surface area contributed by atoms with Crippen LogP contribution in [0.15, 0.2) is 71.7 Å². The van der Waals surface area contributed by atoms with Crippen molar-refractivity contribution in [2.75, 3.05) is 33.8 Å². The first kappa shape index (κ1) is 23.1. The third-order valence-corrected chi connectivity index (χ3v) is 6.85. The van der Waals surface area contributed by atoms with Gasteiger partial charge in [-0.1, -0.05) is 32.1 Å². The van der Waals surface area contributed by atoms with Gasteiger partial charge in [0.05, 0.1) is 18.5 Å². The number of allylic oxidation sites excluding steroid dienone is 6. The Labute approximate surface area is 198 Å². The van der Waals surface area contributed by atoms with Gasteiger partial charge >= 0.3 is 0 Å². The minimum Gasteiger partial charge on any atom is -0.496 e. The van der Waals surface area contributed by atoms with E-state index in [4.69, 9.17) is 4.74 Å². The van der Waals surface area contributed by atoms with E-state index in [0.29, 0.717) is 12.0 Å². The fourth-order valence-electron chi connectivity index (χ4n) is 4.61. The standard InChI is InChI=1S/C28H35N3O2/c1-19(2)25-15-23(10-11-27(25)33-6)22-8-7-9-26-20(3)14-24(18-31(26)28(32)16-22)30-13-12-29(5)21(4)17-30/h7-11,14-16,18-19,21H,12-13,17H2,1-6H3/b8-7?,22-16?,26-9+/t21-/m1/s1.